The molecule has 162 valence electrons. The molecule has 0 bridgehead atoms. The maximum absolute atomic E-state index is 4.49. The number of fused-ring (bicyclic) bond motifs is 5. The Morgan fingerprint density at radius 3 is 2.39 bits per heavy atom. The molecule has 0 aromatic carbocycles. The molecule has 28 heavy (non-hydrogen) atoms. The van der Waals surface area contributed by atoms with Crippen LogP contribution < -0.4 is 0 Å². The summed E-state index contributed by atoms with van der Waals surface area (Å²) in [6, 6.07) is 0. The van der Waals surface area contributed by atoms with Gasteiger partial charge in [0.05, 0.1) is 0 Å². The van der Waals surface area contributed by atoms with Gasteiger partial charge >= 0.3 is 0 Å². The summed E-state index contributed by atoms with van der Waals surface area (Å²) < 4.78 is 0. The normalized spacial score (nSPS) is 47.7. The molecule has 0 spiro atoms. The Bertz CT molecular complexity index is 528. The molecule has 4 aliphatic carbocycles. The zero-order valence-electron chi connectivity index (χ0n) is 19.4. The predicted octanol–water partition coefficient (Wildman–Crippen LogP) is 8.41. The molecule has 0 aromatic rings. The molecule has 0 saturated heterocycles. The highest BCUT2D eigenvalue weighted by Crippen LogP contribution is 2.68. The van der Waals surface area contributed by atoms with Crippen molar-refractivity contribution in [3.63, 3.8) is 0 Å². The molecule has 4 saturated carbocycles. The van der Waals surface area contributed by atoms with Gasteiger partial charge in [0.25, 0.3) is 0 Å². The van der Waals surface area contributed by atoms with Crippen molar-refractivity contribution in [3.05, 3.63) is 0 Å². The molecule has 0 amide bonds. The minimum Gasteiger partial charge on any atom is -0.179 e. The first-order valence-corrected chi connectivity index (χ1v) is 13.6. The molecule has 0 heterocycles. The predicted molar refractivity (Wildman–Crippen MR) is 126 cm³/mol. The van der Waals surface area contributed by atoms with Crippen LogP contribution in [0.1, 0.15) is 111 Å². The van der Waals surface area contributed by atoms with Gasteiger partial charge in [-0.1, -0.05) is 53.4 Å². The largest absolute Gasteiger partial charge is 0.179 e. The summed E-state index contributed by atoms with van der Waals surface area (Å²) in [6.45, 7) is 10.4. The van der Waals surface area contributed by atoms with Crippen molar-refractivity contribution in [2.75, 3.05) is 5.75 Å². The van der Waals surface area contributed by atoms with E-state index in [0.717, 1.165) is 47.2 Å². The molecule has 2 unspecified atom stereocenters. The molecule has 4 fully saturated rings. The third-order valence-electron chi connectivity index (χ3n) is 11.0. The van der Waals surface area contributed by atoms with Crippen molar-refractivity contribution < 1.29 is 0 Å². The van der Waals surface area contributed by atoms with Crippen molar-refractivity contribution in [2.45, 2.75) is 111 Å². The van der Waals surface area contributed by atoms with Crippen LogP contribution in [0.15, 0.2) is 0 Å². The van der Waals surface area contributed by atoms with E-state index in [1.165, 1.54) is 38.5 Å². The summed E-state index contributed by atoms with van der Waals surface area (Å²) in [4.78, 5) is 0. The van der Waals surface area contributed by atoms with Gasteiger partial charge in [0.15, 0.2) is 0 Å². The molecule has 0 aromatic heterocycles. The third kappa shape index (κ3) is 3.62. The number of rotatable bonds is 6. The second kappa shape index (κ2) is 8.47. The first-order chi connectivity index (χ1) is 13.4. The van der Waals surface area contributed by atoms with Gasteiger partial charge < -0.3 is 0 Å². The van der Waals surface area contributed by atoms with Crippen LogP contribution in [0, 0.1) is 52.3 Å². The minimum atomic E-state index is 0.660. The molecule has 0 aliphatic heterocycles. The van der Waals surface area contributed by atoms with Gasteiger partial charge in [-0.25, -0.2) is 0 Å². The first kappa shape index (κ1) is 21.6. The second-order valence-electron chi connectivity index (χ2n) is 12.3. The Hall–Kier alpha value is 0.350. The summed E-state index contributed by atoms with van der Waals surface area (Å²) in [5, 5.41) is 0. The van der Waals surface area contributed by atoms with E-state index < -0.39 is 0 Å². The van der Waals surface area contributed by atoms with Crippen LogP contribution in [0.25, 0.3) is 0 Å². The average molecular weight is 405 g/mol. The van der Waals surface area contributed by atoms with Crippen molar-refractivity contribution >= 4 is 12.6 Å². The lowest BCUT2D eigenvalue weighted by atomic mass is 9.44. The number of hydrogen-bond donors (Lipinski definition) is 1. The van der Waals surface area contributed by atoms with Gasteiger partial charge in [-0.2, -0.15) is 12.6 Å². The molecule has 4 rings (SSSR count). The fraction of sp³-hybridized carbons (Fsp3) is 1.00. The van der Waals surface area contributed by atoms with Gasteiger partial charge in [0.1, 0.15) is 0 Å². The summed E-state index contributed by atoms with van der Waals surface area (Å²) >= 11 is 4.49. The molecule has 0 nitrogen and oxygen atoms in total. The van der Waals surface area contributed by atoms with E-state index in [1.54, 1.807) is 44.9 Å². The van der Waals surface area contributed by atoms with E-state index in [2.05, 4.69) is 40.3 Å². The Kier molecular flexibility index (Phi) is 6.53. The summed E-state index contributed by atoms with van der Waals surface area (Å²) in [6.07, 6.45) is 19.7. The smallest absolute Gasteiger partial charge is 0.00721 e. The van der Waals surface area contributed by atoms with E-state index >= 15 is 0 Å². The fourth-order valence-corrected chi connectivity index (χ4v) is 9.53. The highest BCUT2D eigenvalue weighted by Gasteiger charge is 2.59. The van der Waals surface area contributed by atoms with Gasteiger partial charge in [-0.05, 0) is 116 Å². The Labute approximate surface area is 181 Å². The van der Waals surface area contributed by atoms with Gasteiger partial charge in [-0.3, -0.25) is 0 Å². The van der Waals surface area contributed by atoms with Crippen molar-refractivity contribution in [1.29, 1.82) is 0 Å². The van der Waals surface area contributed by atoms with Crippen LogP contribution in [-0.2, 0) is 0 Å². The van der Waals surface area contributed by atoms with E-state index in [4.69, 9.17) is 0 Å². The molecule has 0 radical (unpaired) electrons. The van der Waals surface area contributed by atoms with E-state index in [9.17, 15) is 0 Å². The minimum absolute atomic E-state index is 0.660. The first-order valence-electron chi connectivity index (χ1n) is 13.0. The van der Waals surface area contributed by atoms with Crippen LogP contribution >= 0.6 is 12.6 Å². The Morgan fingerprint density at radius 1 is 0.821 bits per heavy atom. The average Bonchev–Trinajstić information content (AvgIpc) is 3.04. The number of hydrogen-bond acceptors (Lipinski definition) is 1. The lowest BCUT2D eigenvalue weighted by Crippen LogP contribution is -2.53. The number of thiol groups is 1. The molecule has 1 heteroatoms. The monoisotopic (exact) mass is 404 g/mol. The van der Waals surface area contributed by atoms with Crippen LogP contribution in [0.4, 0.5) is 0 Å². The van der Waals surface area contributed by atoms with E-state index in [-0.39, 0.29) is 0 Å². The topological polar surface area (TPSA) is 0 Å². The highest BCUT2D eigenvalue weighted by molar-refractivity contribution is 7.80. The molecular formula is C27H48S. The van der Waals surface area contributed by atoms with E-state index in [1.807, 2.05) is 0 Å². The van der Waals surface area contributed by atoms with Gasteiger partial charge in [0.2, 0.25) is 0 Å². The van der Waals surface area contributed by atoms with Crippen LogP contribution in [0.3, 0.4) is 0 Å². The molecule has 9 atom stereocenters. The maximum Gasteiger partial charge on any atom is -0.00721 e. The van der Waals surface area contributed by atoms with Crippen molar-refractivity contribution in [1.82, 2.24) is 0 Å². The Balaban J connectivity index is 1.43. The summed E-state index contributed by atoms with van der Waals surface area (Å²) in [7, 11) is 0. The third-order valence-corrected chi connectivity index (χ3v) is 11.6. The van der Waals surface area contributed by atoms with Crippen LogP contribution in [0.5, 0.6) is 0 Å². The zero-order valence-corrected chi connectivity index (χ0v) is 20.3. The van der Waals surface area contributed by atoms with Crippen LogP contribution in [0.2, 0.25) is 0 Å². The lowest BCUT2D eigenvalue weighted by molar-refractivity contribution is -0.114. The van der Waals surface area contributed by atoms with E-state index in [0.29, 0.717) is 10.8 Å². The fourth-order valence-electron chi connectivity index (χ4n) is 9.35. The standard InChI is InChI=1S/C27H48S/c1-19(18-28)8-7-9-20(2)23-13-14-24-22-12-11-21-10-5-6-16-26(21,3)25(22)15-17-27(23,24)4/h19-25,28H,5-18H2,1-4H3/t19?,20-,21?,22+,23-,24+,25+,26+,27-/m1/s1. The molecule has 0 N–H and O–H groups in total. The van der Waals surface area contributed by atoms with Crippen molar-refractivity contribution in [3.8, 4) is 0 Å². The maximum atomic E-state index is 4.49. The second-order valence-corrected chi connectivity index (χ2v) is 12.7. The SMILES string of the molecule is CC(CS)CCC[C@@H](C)[C@H]1CC[C@H]2[C@@H]3CCC4CCCC[C@]4(C)[C@H]3CC[C@]12C. The molecular weight excluding hydrogens is 356 g/mol. The quantitative estimate of drug-likeness (QED) is 0.422. The zero-order chi connectivity index (χ0) is 19.9. The van der Waals surface area contributed by atoms with Crippen LogP contribution in [-0.4, -0.2) is 5.75 Å². The van der Waals surface area contributed by atoms with Gasteiger partial charge in [-0.15, -0.1) is 0 Å². The van der Waals surface area contributed by atoms with Gasteiger partial charge in [0, 0.05) is 0 Å². The summed E-state index contributed by atoms with van der Waals surface area (Å²) in [5.41, 5.74) is 1.36. The summed E-state index contributed by atoms with van der Waals surface area (Å²) in [5.74, 6) is 8.03. The Morgan fingerprint density at radius 2 is 1.61 bits per heavy atom. The highest BCUT2D eigenvalue weighted by atomic mass is 32.1. The lowest BCUT2D eigenvalue weighted by Gasteiger charge is -2.61. The van der Waals surface area contributed by atoms with Crippen molar-refractivity contribution in [2.24, 2.45) is 52.3 Å². The molecule has 4 aliphatic rings.